The van der Waals surface area contributed by atoms with Gasteiger partial charge in [-0.1, -0.05) is 0 Å². The fraction of sp³-hybridized carbons (Fsp3) is 0.217. The number of aromatic nitrogens is 3. The van der Waals surface area contributed by atoms with E-state index in [4.69, 9.17) is 5.14 Å². The van der Waals surface area contributed by atoms with Crippen molar-refractivity contribution in [2.24, 2.45) is 5.14 Å². The molecule has 1 aliphatic heterocycles. The monoisotopic (exact) mass is 463 g/mol. The maximum Gasteiger partial charge on any atom is 0.238 e. The first-order chi connectivity index (χ1) is 15.9. The Hall–Kier alpha value is -3.47. The van der Waals surface area contributed by atoms with Crippen LogP contribution in [-0.4, -0.2) is 61.1 Å². The Bertz CT molecular complexity index is 1370. The molecule has 0 atom stereocenters. The van der Waals surface area contributed by atoms with E-state index in [2.05, 4.69) is 44.3 Å². The van der Waals surface area contributed by atoms with Crippen LogP contribution in [0.2, 0.25) is 0 Å². The molecule has 0 bridgehead atoms. The molecule has 1 saturated heterocycles. The highest BCUT2D eigenvalue weighted by atomic mass is 32.2. The van der Waals surface area contributed by atoms with Gasteiger partial charge in [0.15, 0.2) is 0 Å². The van der Waals surface area contributed by atoms with Crippen LogP contribution in [0, 0.1) is 0 Å². The SMILES string of the molecule is CN1CCN(c2ccc(Nc3ncc4ccn(-c5ccc(S(N)(=O)=O)cc5)c4n3)cc2)CC1. The molecule has 2 aromatic heterocycles. The summed E-state index contributed by atoms with van der Waals surface area (Å²) in [5.41, 5.74) is 3.60. The predicted molar refractivity (Wildman–Crippen MR) is 130 cm³/mol. The zero-order valence-corrected chi connectivity index (χ0v) is 19.0. The number of sulfonamides is 1. The number of nitrogens with one attached hydrogen (secondary N) is 1. The van der Waals surface area contributed by atoms with E-state index in [0.717, 1.165) is 42.9 Å². The molecule has 0 amide bonds. The summed E-state index contributed by atoms with van der Waals surface area (Å²) >= 11 is 0. The fourth-order valence-electron chi connectivity index (χ4n) is 3.93. The van der Waals surface area contributed by atoms with E-state index >= 15 is 0 Å². The summed E-state index contributed by atoms with van der Waals surface area (Å²) in [6, 6.07) is 16.6. The van der Waals surface area contributed by atoms with Gasteiger partial charge in [0, 0.05) is 61.0 Å². The number of primary sulfonamides is 1. The number of nitrogens with zero attached hydrogens (tertiary/aromatic N) is 5. The highest BCUT2D eigenvalue weighted by molar-refractivity contribution is 7.89. The highest BCUT2D eigenvalue weighted by Gasteiger charge is 2.14. The third-order valence-corrected chi connectivity index (χ3v) is 6.79. The molecule has 0 saturated carbocycles. The molecular weight excluding hydrogens is 438 g/mol. The molecule has 1 aliphatic rings. The molecule has 10 heteroatoms. The lowest BCUT2D eigenvalue weighted by Crippen LogP contribution is -2.44. The van der Waals surface area contributed by atoms with Crippen molar-refractivity contribution < 1.29 is 8.42 Å². The molecular formula is C23H25N7O2S. The van der Waals surface area contributed by atoms with Crippen molar-refractivity contribution in [1.82, 2.24) is 19.4 Å². The maximum atomic E-state index is 11.5. The lowest BCUT2D eigenvalue weighted by molar-refractivity contribution is 0.313. The van der Waals surface area contributed by atoms with E-state index < -0.39 is 10.0 Å². The standard InChI is InChI=1S/C23H25N7O2S/c1-28-12-14-29(15-13-28)19-4-2-18(3-5-19)26-23-25-16-17-10-11-30(22(17)27-23)20-6-8-21(9-7-20)33(24,31)32/h2-11,16H,12-15H2,1H3,(H2,24,31,32)(H,25,26,27). The number of rotatable bonds is 5. The second kappa shape index (κ2) is 8.47. The molecule has 5 rings (SSSR count). The van der Waals surface area contributed by atoms with Gasteiger partial charge in [0.1, 0.15) is 5.65 Å². The Kier molecular flexibility index (Phi) is 5.49. The first-order valence-corrected chi connectivity index (χ1v) is 12.2. The Balaban J connectivity index is 1.36. The molecule has 2 aromatic carbocycles. The highest BCUT2D eigenvalue weighted by Crippen LogP contribution is 2.24. The molecule has 0 unspecified atom stereocenters. The zero-order valence-electron chi connectivity index (χ0n) is 18.2. The van der Waals surface area contributed by atoms with Crippen LogP contribution in [0.15, 0.2) is 71.9 Å². The Morgan fingerprint density at radius 2 is 1.58 bits per heavy atom. The number of benzene rings is 2. The molecule has 0 aliphatic carbocycles. The van der Waals surface area contributed by atoms with Crippen molar-refractivity contribution in [2.45, 2.75) is 4.90 Å². The first-order valence-electron chi connectivity index (χ1n) is 10.6. The number of anilines is 3. The summed E-state index contributed by atoms with van der Waals surface area (Å²) < 4.78 is 24.9. The number of nitrogens with two attached hydrogens (primary N) is 1. The van der Waals surface area contributed by atoms with Gasteiger partial charge in [0.2, 0.25) is 16.0 Å². The number of hydrogen-bond donors (Lipinski definition) is 2. The van der Waals surface area contributed by atoms with Gasteiger partial charge in [-0.05, 0) is 61.6 Å². The quantitative estimate of drug-likeness (QED) is 0.468. The van der Waals surface area contributed by atoms with E-state index in [1.807, 2.05) is 29.0 Å². The van der Waals surface area contributed by atoms with Crippen LogP contribution in [-0.2, 0) is 10.0 Å². The molecule has 4 aromatic rings. The molecule has 0 radical (unpaired) electrons. The van der Waals surface area contributed by atoms with Crippen molar-refractivity contribution in [3.63, 3.8) is 0 Å². The van der Waals surface area contributed by atoms with Crippen molar-refractivity contribution >= 4 is 38.4 Å². The van der Waals surface area contributed by atoms with Crippen molar-refractivity contribution in [1.29, 1.82) is 0 Å². The molecule has 170 valence electrons. The van der Waals surface area contributed by atoms with Crippen LogP contribution in [0.5, 0.6) is 0 Å². The minimum atomic E-state index is -3.74. The number of fused-ring (bicyclic) bond motifs is 1. The fourth-order valence-corrected chi connectivity index (χ4v) is 4.45. The summed E-state index contributed by atoms with van der Waals surface area (Å²) in [6.45, 7) is 4.19. The van der Waals surface area contributed by atoms with Gasteiger partial charge < -0.3 is 19.7 Å². The smallest absolute Gasteiger partial charge is 0.238 e. The van der Waals surface area contributed by atoms with Crippen molar-refractivity contribution in [2.75, 3.05) is 43.4 Å². The van der Waals surface area contributed by atoms with Gasteiger partial charge in [-0.15, -0.1) is 0 Å². The third-order valence-electron chi connectivity index (χ3n) is 5.86. The van der Waals surface area contributed by atoms with E-state index in [-0.39, 0.29) is 4.90 Å². The molecule has 3 N–H and O–H groups in total. The van der Waals surface area contributed by atoms with Gasteiger partial charge >= 0.3 is 0 Å². The van der Waals surface area contributed by atoms with Crippen LogP contribution >= 0.6 is 0 Å². The van der Waals surface area contributed by atoms with E-state index in [1.165, 1.54) is 17.8 Å². The Labute approximate surface area is 192 Å². The first kappa shape index (κ1) is 21.4. The molecule has 1 fully saturated rings. The van der Waals surface area contributed by atoms with E-state index in [0.29, 0.717) is 11.6 Å². The summed E-state index contributed by atoms with van der Waals surface area (Å²) in [5, 5.41) is 9.35. The zero-order chi connectivity index (χ0) is 23.0. The molecule has 3 heterocycles. The summed E-state index contributed by atoms with van der Waals surface area (Å²) in [7, 11) is -1.59. The minimum absolute atomic E-state index is 0.0692. The predicted octanol–water partition coefficient (Wildman–Crippen LogP) is 2.56. The lowest BCUT2D eigenvalue weighted by atomic mass is 10.2. The van der Waals surface area contributed by atoms with E-state index in [9.17, 15) is 8.42 Å². The lowest BCUT2D eigenvalue weighted by Gasteiger charge is -2.34. The second-order valence-electron chi connectivity index (χ2n) is 8.16. The van der Waals surface area contributed by atoms with Crippen LogP contribution < -0.4 is 15.4 Å². The van der Waals surface area contributed by atoms with Crippen LogP contribution in [0.1, 0.15) is 0 Å². The van der Waals surface area contributed by atoms with Gasteiger partial charge in [0.25, 0.3) is 0 Å². The van der Waals surface area contributed by atoms with Gasteiger partial charge in [-0.2, -0.15) is 4.98 Å². The third kappa shape index (κ3) is 4.54. The summed E-state index contributed by atoms with van der Waals surface area (Å²) in [5.74, 6) is 0.482. The Morgan fingerprint density at radius 3 is 2.24 bits per heavy atom. The minimum Gasteiger partial charge on any atom is -0.369 e. The Morgan fingerprint density at radius 1 is 0.909 bits per heavy atom. The number of hydrogen-bond acceptors (Lipinski definition) is 7. The molecule has 33 heavy (non-hydrogen) atoms. The number of piperazine rings is 1. The molecule has 9 nitrogen and oxygen atoms in total. The second-order valence-corrected chi connectivity index (χ2v) is 9.72. The summed E-state index contributed by atoms with van der Waals surface area (Å²) in [4.78, 5) is 13.9. The van der Waals surface area contributed by atoms with Crippen LogP contribution in [0.3, 0.4) is 0 Å². The number of likely N-dealkylation sites (N-methyl/N-ethyl adjacent to an activating group) is 1. The van der Waals surface area contributed by atoms with Gasteiger partial charge in [0.05, 0.1) is 4.90 Å². The molecule has 0 spiro atoms. The van der Waals surface area contributed by atoms with E-state index in [1.54, 1.807) is 18.3 Å². The van der Waals surface area contributed by atoms with Crippen LogP contribution in [0.4, 0.5) is 17.3 Å². The van der Waals surface area contributed by atoms with Gasteiger partial charge in [-0.25, -0.2) is 18.5 Å². The average Bonchev–Trinajstić information content (AvgIpc) is 3.23. The van der Waals surface area contributed by atoms with Crippen LogP contribution in [0.25, 0.3) is 16.7 Å². The van der Waals surface area contributed by atoms with Crippen molar-refractivity contribution in [3.05, 3.63) is 67.0 Å². The normalized spacial score (nSPS) is 15.2. The topological polar surface area (TPSA) is 109 Å². The van der Waals surface area contributed by atoms with Crippen molar-refractivity contribution in [3.8, 4) is 5.69 Å². The average molecular weight is 464 g/mol. The largest absolute Gasteiger partial charge is 0.369 e. The summed E-state index contributed by atoms with van der Waals surface area (Å²) in [6.07, 6.45) is 3.64. The van der Waals surface area contributed by atoms with Gasteiger partial charge in [-0.3, -0.25) is 0 Å². The maximum absolute atomic E-state index is 11.5.